The van der Waals surface area contributed by atoms with Crippen LogP contribution in [-0.2, 0) is 22.7 Å². The van der Waals surface area contributed by atoms with Crippen LogP contribution >= 0.6 is 0 Å². The SMILES string of the molecule is CCN1CC(=O)N(Cc2ccccc2CN)CC1=O. The topological polar surface area (TPSA) is 66.6 Å². The molecule has 0 bridgehead atoms. The second kappa shape index (κ2) is 5.84. The normalized spacial score (nSPS) is 16.1. The Morgan fingerprint density at radius 3 is 2.26 bits per heavy atom. The number of hydrogen-bond acceptors (Lipinski definition) is 3. The number of amides is 2. The number of piperazine rings is 1. The second-order valence-electron chi connectivity index (χ2n) is 4.63. The van der Waals surface area contributed by atoms with Gasteiger partial charge in [-0.2, -0.15) is 0 Å². The molecule has 0 atom stereocenters. The average Bonchev–Trinajstić information content (AvgIpc) is 2.43. The standard InChI is InChI=1S/C14H19N3O2/c1-2-16-9-14(19)17(10-13(16)18)8-12-6-4-3-5-11(12)7-15/h3-6H,2,7-10,15H2,1H3. The number of benzene rings is 1. The monoisotopic (exact) mass is 261 g/mol. The van der Waals surface area contributed by atoms with Crippen molar-refractivity contribution in [2.45, 2.75) is 20.0 Å². The summed E-state index contributed by atoms with van der Waals surface area (Å²) in [5, 5.41) is 0. The zero-order valence-electron chi connectivity index (χ0n) is 11.1. The van der Waals surface area contributed by atoms with Crippen LogP contribution in [0, 0.1) is 0 Å². The fourth-order valence-corrected chi connectivity index (χ4v) is 2.25. The van der Waals surface area contributed by atoms with E-state index in [9.17, 15) is 9.59 Å². The van der Waals surface area contributed by atoms with Gasteiger partial charge in [-0.05, 0) is 18.1 Å². The fraction of sp³-hybridized carbons (Fsp3) is 0.429. The predicted molar refractivity (Wildman–Crippen MR) is 72.0 cm³/mol. The van der Waals surface area contributed by atoms with Gasteiger partial charge in [-0.15, -0.1) is 0 Å². The van der Waals surface area contributed by atoms with Gasteiger partial charge in [-0.3, -0.25) is 9.59 Å². The summed E-state index contributed by atoms with van der Waals surface area (Å²) < 4.78 is 0. The van der Waals surface area contributed by atoms with Crippen LogP contribution in [0.5, 0.6) is 0 Å². The van der Waals surface area contributed by atoms with Gasteiger partial charge in [0, 0.05) is 19.6 Å². The maximum atomic E-state index is 12.0. The highest BCUT2D eigenvalue weighted by molar-refractivity contribution is 5.92. The molecule has 1 saturated heterocycles. The Balaban J connectivity index is 2.11. The highest BCUT2D eigenvalue weighted by Gasteiger charge is 2.28. The minimum absolute atomic E-state index is 0.00623. The van der Waals surface area contributed by atoms with Crippen LogP contribution in [-0.4, -0.2) is 41.2 Å². The maximum Gasteiger partial charge on any atom is 0.242 e. The smallest absolute Gasteiger partial charge is 0.242 e. The van der Waals surface area contributed by atoms with E-state index in [0.717, 1.165) is 11.1 Å². The lowest BCUT2D eigenvalue weighted by molar-refractivity contribution is -0.150. The van der Waals surface area contributed by atoms with Gasteiger partial charge in [0.2, 0.25) is 11.8 Å². The molecule has 5 heteroatoms. The first-order chi connectivity index (χ1) is 9.15. The summed E-state index contributed by atoms with van der Waals surface area (Å²) in [5.74, 6) is 0.000559. The van der Waals surface area contributed by atoms with Gasteiger partial charge in [-0.25, -0.2) is 0 Å². The third kappa shape index (κ3) is 2.93. The van der Waals surface area contributed by atoms with Crippen molar-refractivity contribution in [2.24, 2.45) is 5.73 Å². The van der Waals surface area contributed by atoms with Gasteiger partial charge >= 0.3 is 0 Å². The van der Waals surface area contributed by atoms with E-state index in [4.69, 9.17) is 5.73 Å². The molecular formula is C14H19N3O2. The Hall–Kier alpha value is -1.88. The molecule has 0 aliphatic carbocycles. The number of rotatable bonds is 4. The van der Waals surface area contributed by atoms with Crippen LogP contribution < -0.4 is 5.73 Å². The van der Waals surface area contributed by atoms with Gasteiger partial charge in [-0.1, -0.05) is 24.3 Å². The molecule has 0 spiro atoms. The van der Waals surface area contributed by atoms with Gasteiger partial charge in [0.25, 0.3) is 0 Å². The summed E-state index contributed by atoms with van der Waals surface area (Å²) in [6.45, 7) is 3.69. The van der Waals surface area contributed by atoms with E-state index >= 15 is 0 Å². The molecule has 1 aromatic carbocycles. The number of hydrogen-bond donors (Lipinski definition) is 1. The molecule has 2 N–H and O–H groups in total. The number of nitrogens with two attached hydrogens (primary N) is 1. The van der Waals surface area contributed by atoms with E-state index in [1.807, 2.05) is 31.2 Å². The maximum absolute atomic E-state index is 12.0. The largest absolute Gasteiger partial charge is 0.332 e. The van der Waals surface area contributed by atoms with Crippen LogP contribution in [0.2, 0.25) is 0 Å². The van der Waals surface area contributed by atoms with Crippen LogP contribution in [0.15, 0.2) is 24.3 Å². The molecule has 5 nitrogen and oxygen atoms in total. The fourth-order valence-electron chi connectivity index (χ4n) is 2.25. The number of carbonyl (C=O) groups is 2. The van der Waals surface area contributed by atoms with Crippen molar-refractivity contribution in [1.82, 2.24) is 9.80 Å². The predicted octanol–water partition coefficient (Wildman–Crippen LogP) is 0.336. The molecule has 2 amide bonds. The molecule has 0 unspecified atom stereocenters. The molecule has 1 fully saturated rings. The van der Waals surface area contributed by atoms with Gasteiger partial charge in [0.05, 0.1) is 6.54 Å². The molecule has 2 rings (SSSR count). The Labute approximate surface area is 113 Å². The van der Waals surface area contributed by atoms with Gasteiger partial charge in [0.1, 0.15) is 6.54 Å². The molecule has 1 aromatic rings. The summed E-state index contributed by atoms with van der Waals surface area (Å²) in [6.07, 6.45) is 0. The summed E-state index contributed by atoms with van der Waals surface area (Å²) >= 11 is 0. The second-order valence-corrected chi connectivity index (χ2v) is 4.63. The van der Waals surface area contributed by atoms with Crippen LogP contribution in [0.25, 0.3) is 0 Å². The van der Waals surface area contributed by atoms with Crippen LogP contribution in [0.1, 0.15) is 18.1 Å². The molecule has 0 radical (unpaired) electrons. The summed E-state index contributed by atoms with van der Waals surface area (Å²) in [5.41, 5.74) is 7.71. The molecular weight excluding hydrogens is 242 g/mol. The molecule has 1 aliphatic rings. The van der Waals surface area contributed by atoms with Crippen molar-refractivity contribution in [3.8, 4) is 0 Å². The lowest BCUT2D eigenvalue weighted by Gasteiger charge is -2.33. The first-order valence-corrected chi connectivity index (χ1v) is 6.48. The highest BCUT2D eigenvalue weighted by atomic mass is 16.2. The van der Waals surface area contributed by atoms with Gasteiger partial charge in [0.15, 0.2) is 0 Å². The zero-order valence-corrected chi connectivity index (χ0v) is 11.1. The summed E-state index contributed by atoms with van der Waals surface area (Å²) in [7, 11) is 0. The van der Waals surface area contributed by atoms with E-state index in [-0.39, 0.29) is 24.9 Å². The molecule has 102 valence electrons. The third-order valence-corrected chi connectivity index (χ3v) is 3.44. The zero-order chi connectivity index (χ0) is 13.8. The Kier molecular flexibility index (Phi) is 4.16. The van der Waals surface area contributed by atoms with E-state index in [1.165, 1.54) is 0 Å². The Morgan fingerprint density at radius 1 is 1.05 bits per heavy atom. The molecule has 19 heavy (non-hydrogen) atoms. The lowest BCUT2D eigenvalue weighted by atomic mass is 10.1. The highest BCUT2D eigenvalue weighted by Crippen LogP contribution is 2.14. The summed E-state index contributed by atoms with van der Waals surface area (Å²) in [6, 6.07) is 7.74. The van der Waals surface area contributed by atoms with Gasteiger partial charge < -0.3 is 15.5 Å². The lowest BCUT2D eigenvalue weighted by Crippen LogP contribution is -2.53. The Morgan fingerprint density at radius 2 is 1.63 bits per heavy atom. The number of carbonyl (C=O) groups excluding carboxylic acids is 2. The number of nitrogens with zero attached hydrogens (tertiary/aromatic N) is 2. The van der Waals surface area contributed by atoms with Crippen molar-refractivity contribution >= 4 is 11.8 Å². The third-order valence-electron chi connectivity index (χ3n) is 3.44. The molecule has 1 aliphatic heterocycles. The summed E-state index contributed by atoms with van der Waals surface area (Å²) in [4.78, 5) is 27.0. The Bertz CT molecular complexity index is 487. The van der Waals surface area contributed by atoms with Crippen molar-refractivity contribution < 1.29 is 9.59 Å². The van der Waals surface area contributed by atoms with E-state index in [1.54, 1.807) is 9.80 Å². The molecule has 0 aromatic heterocycles. The van der Waals surface area contributed by atoms with Crippen molar-refractivity contribution in [2.75, 3.05) is 19.6 Å². The minimum Gasteiger partial charge on any atom is -0.332 e. The quantitative estimate of drug-likeness (QED) is 0.849. The van der Waals surface area contributed by atoms with Crippen molar-refractivity contribution in [3.05, 3.63) is 35.4 Å². The molecule has 1 heterocycles. The average molecular weight is 261 g/mol. The van der Waals surface area contributed by atoms with E-state index in [2.05, 4.69) is 0 Å². The minimum atomic E-state index is -0.00623. The van der Waals surface area contributed by atoms with Crippen LogP contribution in [0.4, 0.5) is 0 Å². The number of likely N-dealkylation sites (N-methyl/N-ethyl adjacent to an activating group) is 1. The van der Waals surface area contributed by atoms with Crippen molar-refractivity contribution in [3.63, 3.8) is 0 Å². The van der Waals surface area contributed by atoms with Crippen molar-refractivity contribution in [1.29, 1.82) is 0 Å². The molecule has 0 saturated carbocycles. The van der Waals surface area contributed by atoms with Crippen LogP contribution in [0.3, 0.4) is 0 Å². The van der Waals surface area contributed by atoms with E-state index < -0.39 is 0 Å². The first-order valence-electron chi connectivity index (χ1n) is 6.48. The van der Waals surface area contributed by atoms with E-state index in [0.29, 0.717) is 19.6 Å². The first kappa shape index (κ1) is 13.5.